The first-order valence-electron chi connectivity index (χ1n) is 6.42. The summed E-state index contributed by atoms with van der Waals surface area (Å²) in [4.78, 5) is 14.4. The van der Waals surface area contributed by atoms with Crippen LogP contribution in [0.4, 0.5) is 0 Å². The topological polar surface area (TPSA) is 32.3 Å². The Balaban J connectivity index is 2.63. The summed E-state index contributed by atoms with van der Waals surface area (Å²) in [6, 6.07) is 0.452. The number of nitrogens with zero attached hydrogens (tertiary/aromatic N) is 1. The Kier molecular flexibility index (Phi) is 4.78. The van der Waals surface area contributed by atoms with E-state index in [1.807, 2.05) is 27.8 Å². The lowest BCUT2D eigenvalue weighted by Crippen LogP contribution is -2.49. The molecule has 0 bridgehead atoms. The lowest BCUT2D eigenvalue weighted by atomic mass is 9.90. The van der Waals surface area contributed by atoms with Gasteiger partial charge in [0.2, 0.25) is 5.91 Å². The molecule has 16 heavy (non-hydrogen) atoms. The molecule has 3 heteroatoms. The first kappa shape index (κ1) is 13.5. The van der Waals surface area contributed by atoms with Crippen molar-refractivity contribution in [2.24, 2.45) is 5.41 Å². The maximum atomic E-state index is 12.3. The Labute approximate surface area is 99.6 Å². The van der Waals surface area contributed by atoms with Gasteiger partial charge < -0.3 is 10.2 Å². The summed E-state index contributed by atoms with van der Waals surface area (Å²) in [5.41, 5.74) is -0.241. The van der Waals surface area contributed by atoms with Crippen molar-refractivity contribution in [1.82, 2.24) is 10.2 Å². The van der Waals surface area contributed by atoms with Crippen LogP contribution in [-0.2, 0) is 4.79 Å². The molecule has 3 nitrogen and oxygen atoms in total. The number of piperidine rings is 1. The van der Waals surface area contributed by atoms with E-state index in [1.165, 1.54) is 12.8 Å². The van der Waals surface area contributed by atoms with Gasteiger partial charge in [-0.25, -0.2) is 0 Å². The van der Waals surface area contributed by atoms with Crippen LogP contribution in [0.3, 0.4) is 0 Å². The van der Waals surface area contributed by atoms with Crippen molar-refractivity contribution < 1.29 is 4.79 Å². The van der Waals surface area contributed by atoms with Gasteiger partial charge in [-0.05, 0) is 39.3 Å². The summed E-state index contributed by atoms with van der Waals surface area (Å²) in [5.74, 6) is 0.313. The van der Waals surface area contributed by atoms with Crippen LogP contribution in [0.2, 0.25) is 0 Å². The summed E-state index contributed by atoms with van der Waals surface area (Å²) in [6.45, 7) is 7.99. The van der Waals surface area contributed by atoms with Crippen LogP contribution in [0.1, 0.15) is 46.5 Å². The molecule has 0 aromatic rings. The summed E-state index contributed by atoms with van der Waals surface area (Å²) >= 11 is 0. The molecule has 0 saturated carbocycles. The first-order valence-corrected chi connectivity index (χ1v) is 6.42. The zero-order valence-electron chi connectivity index (χ0n) is 11.2. The molecule has 94 valence electrons. The van der Waals surface area contributed by atoms with Gasteiger partial charge in [0.15, 0.2) is 0 Å². The third-order valence-corrected chi connectivity index (χ3v) is 3.26. The summed E-state index contributed by atoms with van der Waals surface area (Å²) < 4.78 is 0. The quantitative estimate of drug-likeness (QED) is 0.798. The molecule has 1 heterocycles. The molecule has 1 saturated heterocycles. The normalized spacial score (nSPS) is 22.2. The standard InChI is InChI=1S/C13H26N2O/c1-13(2,3)12(16)15-10-6-5-7-11(15)8-9-14-4/h11,14H,5-10H2,1-4H3. The van der Waals surface area contributed by atoms with Crippen molar-refractivity contribution in [2.45, 2.75) is 52.5 Å². The van der Waals surface area contributed by atoms with E-state index in [0.717, 1.165) is 25.9 Å². The molecule has 1 fully saturated rings. The zero-order chi connectivity index (χ0) is 12.2. The van der Waals surface area contributed by atoms with Gasteiger partial charge in [0.1, 0.15) is 0 Å². The number of rotatable bonds is 3. The third-order valence-electron chi connectivity index (χ3n) is 3.26. The van der Waals surface area contributed by atoms with Gasteiger partial charge >= 0.3 is 0 Å². The van der Waals surface area contributed by atoms with Crippen LogP contribution in [0, 0.1) is 5.41 Å². The molecule has 1 aliphatic rings. The van der Waals surface area contributed by atoms with Gasteiger partial charge in [-0.1, -0.05) is 20.8 Å². The minimum absolute atomic E-state index is 0.241. The van der Waals surface area contributed by atoms with Crippen molar-refractivity contribution in [2.75, 3.05) is 20.1 Å². The van der Waals surface area contributed by atoms with E-state index in [4.69, 9.17) is 0 Å². The number of carbonyl (C=O) groups excluding carboxylic acids is 1. The molecular formula is C13H26N2O. The van der Waals surface area contributed by atoms with Crippen LogP contribution < -0.4 is 5.32 Å². The minimum Gasteiger partial charge on any atom is -0.339 e. The summed E-state index contributed by atoms with van der Waals surface area (Å²) in [6.07, 6.45) is 4.68. The third kappa shape index (κ3) is 3.48. The van der Waals surface area contributed by atoms with Gasteiger partial charge in [0.05, 0.1) is 0 Å². The molecule has 0 aliphatic carbocycles. The lowest BCUT2D eigenvalue weighted by molar-refractivity contribution is -0.143. The monoisotopic (exact) mass is 226 g/mol. The van der Waals surface area contributed by atoms with Crippen LogP contribution in [0.15, 0.2) is 0 Å². The lowest BCUT2D eigenvalue weighted by Gasteiger charge is -2.39. The van der Waals surface area contributed by atoms with E-state index in [-0.39, 0.29) is 5.41 Å². The second-order valence-electron chi connectivity index (χ2n) is 5.79. The van der Waals surface area contributed by atoms with Crippen LogP contribution >= 0.6 is 0 Å². The van der Waals surface area contributed by atoms with E-state index in [9.17, 15) is 4.79 Å². The van der Waals surface area contributed by atoms with E-state index in [1.54, 1.807) is 0 Å². The molecule has 0 spiro atoms. The number of nitrogens with one attached hydrogen (secondary N) is 1. The van der Waals surface area contributed by atoms with Crippen LogP contribution in [0.5, 0.6) is 0 Å². The van der Waals surface area contributed by atoms with Gasteiger partial charge in [-0.15, -0.1) is 0 Å². The smallest absolute Gasteiger partial charge is 0.228 e. The fourth-order valence-electron chi connectivity index (χ4n) is 2.31. The Morgan fingerprint density at radius 3 is 2.62 bits per heavy atom. The molecule has 1 N–H and O–H groups in total. The largest absolute Gasteiger partial charge is 0.339 e. The van der Waals surface area contributed by atoms with E-state index < -0.39 is 0 Å². The highest BCUT2D eigenvalue weighted by atomic mass is 16.2. The Morgan fingerprint density at radius 1 is 1.38 bits per heavy atom. The molecule has 1 unspecified atom stereocenters. The molecular weight excluding hydrogens is 200 g/mol. The Hall–Kier alpha value is -0.570. The second-order valence-corrected chi connectivity index (χ2v) is 5.79. The molecule has 1 amide bonds. The summed E-state index contributed by atoms with van der Waals surface area (Å²) in [7, 11) is 1.97. The van der Waals surface area contributed by atoms with Gasteiger partial charge in [0, 0.05) is 18.0 Å². The van der Waals surface area contributed by atoms with Crippen molar-refractivity contribution >= 4 is 5.91 Å². The summed E-state index contributed by atoms with van der Waals surface area (Å²) in [5, 5.41) is 3.18. The molecule has 1 atom stereocenters. The van der Waals surface area contributed by atoms with Gasteiger partial charge in [-0.2, -0.15) is 0 Å². The fraction of sp³-hybridized carbons (Fsp3) is 0.923. The molecule has 0 aromatic carbocycles. The zero-order valence-corrected chi connectivity index (χ0v) is 11.2. The number of amides is 1. The minimum atomic E-state index is -0.241. The highest BCUT2D eigenvalue weighted by Gasteiger charge is 2.32. The van der Waals surface area contributed by atoms with Gasteiger partial charge in [0.25, 0.3) is 0 Å². The highest BCUT2D eigenvalue weighted by molar-refractivity contribution is 5.81. The molecule has 1 aliphatic heterocycles. The average molecular weight is 226 g/mol. The fourth-order valence-corrected chi connectivity index (χ4v) is 2.31. The van der Waals surface area contributed by atoms with E-state index in [0.29, 0.717) is 11.9 Å². The number of carbonyl (C=O) groups is 1. The molecule has 1 rings (SSSR count). The SMILES string of the molecule is CNCCC1CCCCN1C(=O)C(C)(C)C. The van der Waals surface area contributed by atoms with Crippen LogP contribution in [-0.4, -0.2) is 37.0 Å². The van der Waals surface area contributed by atoms with E-state index in [2.05, 4.69) is 10.2 Å². The maximum Gasteiger partial charge on any atom is 0.228 e. The first-order chi connectivity index (χ1) is 7.46. The average Bonchev–Trinajstić information content (AvgIpc) is 2.24. The Bertz CT molecular complexity index is 233. The highest BCUT2D eigenvalue weighted by Crippen LogP contribution is 2.25. The number of hydrogen-bond donors (Lipinski definition) is 1. The van der Waals surface area contributed by atoms with Crippen molar-refractivity contribution in [3.8, 4) is 0 Å². The number of likely N-dealkylation sites (tertiary alicyclic amines) is 1. The number of hydrogen-bond acceptors (Lipinski definition) is 2. The molecule has 0 aromatic heterocycles. The van der Waals surface area contributed by atoms with E-state index >= 15 is 0 Å². The maximum absolute atomic E-state index is 12.3. The Morgan fingerprint density at radius 2 is 2.06 bits per heavy atom. The van der Waals surface area contributed by atoms with Crippen molar-refractivity contribution in [3.05, 3.63) is 0 Å². The molecule has 0 radical (unpaired) electrons. The predicted octanol–water partition coefficient (Wildman–Crippen LogP) is 2.02. The van der Waals surface area contributed by atoms with Gasteiger partial charge in [-0.3, -0.25) is 4.79 Å². The predicted molar refractivity (Wildman–Crippen MR) is 67.4 cm³/mol. The second kappa shape index (κ2) is 5.67. The van der Waals surface area contributed by atoms with Crippen LogP contribution in [0.25, 0.3) is 0 Å². The van der Waals surface area contributed by atoms with Crippen molar-refractivity contribution in [3.63, 3.8) is 0 Å². The van der Waals surface area contributed by atoms with Crippen molar-refractivity contribution in [1.29, 1.82) is 0 Å².